The van der Waals surface area contributed by atoms with Crippen LogP contribution >= 0.6 is 22.6 Å². The van der Waals surface area contributed by atoms with Crippen molar-refractivity contribution in [2.24, 2.45) is 11.8 Å². The van der Waals surface area contributed by atoms with Crippen LogP contribution in [-0.2, 0) is 55.7 Å². The maximum absolute atomic E-state index is 15.1. The number of ether oxygens (including phenoxy) is 7. The van der Waals surface area contributed by atoms with Crippen molar-refractivity contribution in [2.75, 3.05) is 18.1 Å². The van der Waals surface area contributed by atoms with E-state index in [-0.39, 0.29) is 75.5 Å². The molecule has 91 heavy (non-hydrogen) atoms. The first-order valence-corrected chi connectivity index (χ1v) is 47.6. The van der Waals surface area contributed by atoms with Crippen LogP contribution in [0.25, 0.3) is 0 Å². The molecule has 8 aliphatic heterocycles. The average Bonchev–Trinajstić information content (AvgIpc) is 1.38. The second-order valence-electron chi connectivity index (χ2n) is 34.1. The Bertz CT molecular complexity index is 2590. The van der Waals surface area contributed by atoms with Gasteiger partial charge in [-0.25, -0.2) is 4.79 Å². The minimum Gasteiger partial charge on any atom is -0.455 e. The highest BCUT2D eigenvalue weighted by Crippen LogP contribution is 2.49. The lowest BCUT2D eigenvalue weighted by molar-refractivity contribution is -0.269. The van der Waals surface area contributed by atoms with Crippen LogP contribution in [0.4, 0.5) is 0 Å². The van der Waals surface area contributed by atoms with Crippen molar-refractivity contribution >= 4 is 67.6 Å². The molecule has 9 rings (SSSR count). The van der Waals surface area contributed by atoms with Crippen LogP contribution in [-0.4, -0.2) is 177 Å². The molecule has 520 valence electrons. The van der Waals surface area contributed by atoms with Gasteiger partial charge in [-0.05, 0) is 147 Å². The van der Waals surface area contributed by atoms with E-state index in [1.807, 2.05) is 30.4 Å². The SMILES string of the molecule is C=C1[C@H](C)CC2CC[C@@H]3O[C@@H](CCC(OC(=O)c4ccccc4)/C=C/C(O[Si](C)(C)C(C)(C)C)C4O[C@H]5CC[C@H](CC(=O)C[C@H]6[C@H](C[C@H]1O)OC(C[C@@H](CO[Si](C)(C)C(C)(C)C)O[Si](C)(C)C(C)(C)C)[C@@H]6OC)OC5[C@H](O)C4O[Si](C)(C)C(C)(C)C)CC3(CI)O2. The topological polar surface area (TPSA) is 176 Å². The first-order chi connectivity index (χ1) is 41.9. The van der Waals surface area contributed by atoms with E-state index in [0.717, 1.165) is 17.3 Å². The molecule has 19 atom stereocenters. The summed E-state index contributed by atoms with van der Waals surface area (Å²) in [6, 6.07) is 9.09. The molecule has 0 radical (unpaired) electrons. The number of carbonyl (C=O) groups excluding carboxylic acids is 2. The zero-order valence-corrected chi connectivity index (χ0v) is 66.3. The molecular weight excluding hydrogens is 1330 g/mol. The second kappa shape index (κ2) is 30.2. The van der Waals surface area contributed by atoms with Gasteiger partial charge in [0, 0.05) is 49.6 Å². The first kappa shape index (κ1) is 77.3. The quantitative estimate of drug-likeness (QED) is 0.0557. The maximum atomic E-state index is 15.1. The molecule has 7 bridgehead atoms. The monoisotopic (exact) mass is 1450 g/mol. The highest BCUT2D eigenvalue weighted by Gasteiger charge is 2.57. The fourth-order valence-electron chi connectivity index (χ4n) is 13.2. The number of hydrogen-bond acceptors (Lipinski definition) is 15. The van der Waals surface area contributed by atoms with Crippen LogP contribution in [0.1, 0.15) is 177 Å². The van der Waals surface area contributed by atoms with E-state index in [4.69, 9.17) is 50.9 Å². The Morgan fingerprint density at radius 1 is 0.692 bits per heavy atom. The number of hydrogen-bond donors (Lipinski definition) is 2. The normalized spacial score (nSPS) is 35.7. The molecule has 2 N–H and O–H groups in total. The summed E-state index contributed by atoms with van der Waals surface area (Å²) in [6.07, 6.45) is 0.878. The van der Waals surface area contributed by atoms with E-state index in [1.165, 1.54) is 0 Å². The second-order valence-corrected chi connectivity index (χ2v) is 54.0. The van der Waals surface area contributed by atoms with Gasteiger partial charge in [0.1, 0.15) is 41.9 Å². The minimum atomic E-state index is -2.66. The van der Waals surface area contributed by atoms with Gasteiger partial charge in [-0.1, -0.05) is 143 Å². The number of alkyl halides is 1. The fourth-order valence-corrected chi connectivity index (χ4v) is 19.1. The molecule has 5 fully saturated rings. The number of benzene rings is 1. The lowest BCUT2D eigenvalue weighted by Gasteiger charge is -2.53. The third-order valence-corrected chi connectivity index (χ3v) is 42.5. The molecule has 8 unspecified atom stereocenters. The Hall–Kier alpha value is -1.04. The molecule has 15 nitrogen and oxygen atoms in total. The zero-order valence-electron chi connectivity index (χ0n) is 60.1. The molecule has 20 heteroatoms. The molecule has 0 aliphatic carbocycles. The molecule has 8 heterocycles. The van der Waals surface area contributed by atoms with Crippen molar-refractivity contribution in [1.82, 2.24) is 0 Å². The number of rotatable bonds is 15. The molecule has 0 aromatic heterocycles. The van der Waals surface area contributed by atoms with Crippen molar-refractivity contribution < 1.29 is 70.7 Å². The average molecular weight is 1460 g/mol. The van der Waals surface area contributed by atoms with Crippen molar-refractivity contribution in [1.29, 1.82) is 0 Å². The summed E-state index contributed by atoms with van der Waals surface area (Å²) in [5, 5.41) is 25.0. The molecule has 0 saturated carbocycles. The smallest absolute Gasteiger partial charge is 0.338 e. The Kier molecular flexibility index (Phi) is 25.7. The molecule has 1 aromatic rings. The third kappa shape index (κ3) is 18.8. The van der Waals surface area contributed by atoms with Gasteiger partial charge in [0.15, 0.2) is 33.3 Å². The highest BCUT2D eigenvalue weighted by molar-refractivity contribution is 14.1. The first-order valence-electron chi connectivity index (χ1n) is 34.5. The molecule has 8 aliphatic rings. The van der Waals surface area contributed by atoms with E-state index < -0.39 is 124 Å². The van der Waals surface area contributed by atoms with Gasteiger partial charge >= 0.3 is 5.97 Å². The van der Waals surface area contributed by atoms with E-state index >= 15 is 4.79 Å². The summed E-state index contributed by atoms with van der Waals surface area (Å²) >= 11 is 2.46. The Balaban J connectivity index is 1.27. The van der Waals surface area contributed by atoms with Crippen LogP contribution in [0.3, 0.4) is 0 Å². The summed E-state index contributed by atoms with van der Waals surface area (Å²) in [5.41, 5.74) is 0.642. The lowest BCUT2D eigenvalue weighted by Crippen LogP contribution is -2.67. The molecular formula is C71H123IO15Si4. The number of halogens is 1. The summed E-state index contributed by atoms with van der Waals surface area (Å²) in [4.78, 5) is 29.1. The Morgan fingerprint density at radius 2 is 1.30 bits per heavy atom. The molecule has 0 amide bonds. The van der Waals surface area contributed by atoms with Gasteiger partial charge in [0.25, 0.3) is 0 Å². The number of aliphatic hydroxyl groups excluding tert-OH is 2. The van der Waals surface area contributed by atoms with Crippen LogP contribution in [0.2, 0.25) is 72.5 Å². The lowest BCUT2D eigenvalue weighted by atomic mass is 9.82. The standard InChI is InChI=1S/C71H123IO15Si4/c1-45-37-51-33-36-60-71(44-72,84-51)42-52(79-60)30-29-49(81-66(76)47-27-25-24-26-28-47)31-35-57(86-90(20,21)69(9,10)11)64-65(87-91(22,23)70(12,13)14)61(75)63-56(83-64)34-32-50(80-63)38-48(73)39-54-58(41-55(74)46(45)2)82-59(62(54)77-15)40-53(85-89(18,19)68(6,7)8)43-78-88(16,17)67(3,4)5/h24-28,31,35,45,49-65,74-75H,2,29-30,32-34,36-44H2,1,3-23H3/b35-31+/t45-,49?,50-,51?,52+,53+,54+,55-,56+,57?,58+,59?,60+,61+,62-,63?,64?,65?,71?/m1/s1. The number of carbonyl (C=O) groups is 2. The number of fused-ring (bicyclic) bond motifs is 2. The van der Waals surface area contributed by atoms with Gasteiger partial charge in [-0.2, -0.15) is 0 Å². The zero-order chi connectivity index (χ0) is 67.8. The fraction of sp³-hybridized carbons (Fsp3) is 0.831. The summed E-state index contributed by atoms with van der Waals surface area (Å²) in [5.74, 6) is -0.951. The van der Waals surface area contributed by atoms with Gasteiger partial charge in [-0.15, -0.1) is 0 Å². The largest absolute Gasteiger partial charge is 0.455 e. The molecule has 0 spiro atoms. The van der Waals surface area contributed by atoms with Crippen molar-refractivity contribution in [3.8, 4) is 0 Å². The van der Waals surface area contributed by atoms with Crippen molar-refractivity contribution in [3.63, 3.8) is 0 Å². The highest BCUT2D eigenvalue weighted by atomic mass is 127. The molecule has 1 aromatic carbocycles. The van der Waals surface area contributed by atoms with E-state index in [0.29, 0.717) is 62.7 Å². The van der Waals surface area contributed by atoms with Gasteiger partial charge < -0.3 is 61.1 Å². The van der Waals surface area contributed by atoms with Gasteiger partial charge in [0.2, 0.25) is 0 Å². The van der Waals surface area contributed by atoms with Crippen molar-refractivity contribution in [3.05, 3.63) is 60.2 Å². The Labute approximate surface area is 567 Å². The van der Waals surface area contributed by atoms with E-state index in [1.54, 1.807) is 19.2 Å². The van der Waals surface area contributed by atoms with Gasteiger partial charge in [-0.3, -0.25) is 4.79 Å². The number of esters is 1. The summed E-state index contributed by atoms with van der Waals surface area (Å²) in [6.45, 7) is 51.7. The van der Waals surface area contributed by atoms with Crippen LogP contribution in [0.15, 0.2) is 54.6 Å². The predicted octanol–water partition coefficient (Wildman–Crippen LogP) is 15.4. The van der Waals surface area contributed by atoms with Crippen LogP contribution in [0, 0.1) is 11.8 Å². The maximum Gasteiger partial charge on any atom is 0.338 e. The van der Waals surface area contributed by atoms with Crippen molar-refractivity contribution in [2.45, 2.75) is 343 Å². The summed E-state index contributed by atoms with van der Waals surface area (Å²) in [7, 11) is -8.10. The van der Waals surface area contributed by atoms with E-state index in [2.05, 4.69) is 172 Å². The van der Waals surface area contributed by atoms with Gasteiger partial charge in [0.05, 0.1) is 79.3 Å². The molecule has 5 saturated heterocycles. The third-order valence-electron chi connectivity index (χ3n) is 23.2. The number of methoxy groups -OCH3 is 1. The van der Waals surface area contributed by atoms with E-state index in [9.17, 15) is 15.0 Å². The number of Topliss-reactive ketones (excluding diaryl/α,β-unsaturated/α-hetero) is 1. The predicted molar refractivity (Wildman–Crippen MR) is 380 cm³/mol. The van der Waals surface area contributed by atoms with Crippen LogP contribution in [0.5, 0.6) is 0 Å². The minimum absolute atomic E-state index is 0.00973. The number of ketones is 1. The number of aliphatic hydroxyl groups is 2. The summed E-state index contributed by atoms with van der Waals surface area (Å²) < 4.78 is 78.5. The Morgan fingerprint density at radius 3 is 1.90 bits per heavy atom. The van der Waals surface area contributed by atoms with Crippen LogP contribution < -0.4 is 0 Å².